The van der Waals surface area contributed by atoms with Crippen molar-refractivity contribution in [2.75, 3.05) is 6.61 Å². The number of nitrogens with two attached hydrogens (primary N) is 1. The fourth-order valence-corrected chi connectivity index (χ4v) is 4.74. The average Bonchev–Trinajstić information content (AvgIpc) is 2.87. The van der Waals surface area contributed by atoms with Gasteiger partial charge in [-0.05, 0) is 50.2 Å². The van der Waals surface area contributed by atoms with Gasteiger partial charge in [-0.15, -0.1) is 0 Å². The molecule has 1 saturated heterocycles. The van der Waals surface area contributed by atoms with Crippen LogP contribution in [0.5, 0.6) is 0 Å². The first-order valence-corrected chi connectivity index (χ1v) is 8.51. The Hall–Kier alpha value is -0.380. The third-order valence-corrected chi connectivity index (χ3v) is 6.00. The number of benzene rings is 1. The standard InChI is InChI=1S/C17H24BrNO/c1-16(19,14-6-2-3-7-15(14)18)13-8-11-20-17(12-13)9-4-5-10-17/h2-3,6-7,13H,4-5,8-12,19H2,1H3. The SMILES string of the molecule is CC(N)(c1ccccc1Br)C1CCOC2(CCCC2)C1. The maximum atomic E-state index is 6.78. The molecule has 1 spiro atoms. The highest BCUT2D eigenvalue weighted by molar-refractivity contribution is 9.10. The molecule has 1 aromatic rings. The largest absolute Gasteiger partial charge is 0.375 e. The first-order valence-electron chi connectivity index (χ1n) is 7.71. The van der Waals surface area contributed by atoms with E-state index in [9.17, 15) is 0 Å². The molecule has 1 aromatic carbocycles. The van der Waals surface area contributed by atoms with Crippen molar-refractivity contribution in [3.63, 3.8) is 0 Å². The summed E-state index contributed by atoms with van der Waals surface area (Å²) in [5, 5.41) is 0. The fourth-order valence-electron chi connectivity index (χ4n) is 4.03. The Morgan fingerprint density at radius 2 is 2.00 bits per heavy atom. The molecule has 2 atom stereocenters. The van der Waals surface area contributed by atoms with Gasteiger partial charge in [-0.25, -0.2) is 0 Å². The Bertz CT molecular complexity index is 480. The quantitative estimate of drug-likeness (QED) is 0.869. The summed E-state index contributed by atoms with van der Waals surface area (Å²) in [6.07, 6.45) is 7.23. The smallest absolute Gasteiger partial charge is 0.0686 e. The van der Waals surface area contributed by atoms with Crippen molar-refractivity contribution >= 4 is 15.9 Å². The zero-order valence-corrected chi connectivity index (χ0v) is 13.8. The fraction of sp³-hybridized carbons (Fsp3) is 0.647. The van der Waals surface area contributed by atoms with E-state index in [-0.39, 0.29) is 11.1 Å². The van der Waals surface area contributed by atoms with Gasteiger partial charge in [0.2, 0.25) is 0 Å². The van der Waals surface area contributed by atoms with Crippen LogP contribution in [-0.2, 0) is 10.3 Å². The highest BCUT2D eigenvalue weighted by Gasteiger charge is 2.45. The van der Waals surface area contributed by atoms with Crippen molar-refractivity contribution in [1.82, 2.24) is 0 Å². The van der Waals surface area contributed by atoms with E-state index in [1.807, 2.05) is 6.07 Å². The van der Waals surface area contributed by atoms with Crippen LogP contribution in [0.1, 0.15) is 51.0 Å². The number of hydrogen-bond acceptors (Lipinski definition) is 2. The molecule has 3 rings (SSSR count). The lowest BCUT2D eigenvalue weighted by Gasteiger charge is -2.45. The van der Waals surface area contributed by atoms with Gasteiger partial charge in [-0.1, -0.05) is 47.0 Å². The van der Waals surface area contributed by atoms with Crippen LogP contribution in [0.2, 0.25) is 0 Å². The van der Waals surface area contributed by atoms with Gasteiger partial charge in [0.1, 0.15) is 0 Å². The summed E-state index contributed by atoms with van der Waals surface area (Å²) < 4.78 is 7.27. The maximum Gasteiger partial charge on any atom is 0.0686 e. The second kappa shape index (κ2) is 5.43. The van der Waals surface area contributed by atoms with Crippen LogP contribution >= 0.6 is 15.9 Å². The minimum Gasteiger partial charge on any atom is -0.375 e. The molecule has 0 radical (unpaired) electrons. The molecule has 0 aromatic heterocycles. The van der Waals surface area contributed by atoms with Crippen LogP contribution in [0.25, 0.3) is 0 Å². The summed E-state index contributed by atoms with van der Waals surface area (Å²) >= 11 is 3.66. The van der Waals surface area contributed by atoms with E-state index in [1.165, 1.54) is 31.2 Å². The van der Waals surface area contributed by atoms with Crippen LogP contribution in [0.4, 0.5) is 0 Å². The summed E-state index contributed by atoms with van der Waals surface area (Å²) in [6, 6.07) is 8.37. The Labute approximate surface area is 130 Å². The van der Waals surface area contributed by atoms with Crippen molar-refractivity contribution < 1.29 is 4.74 Å². The van der Waals surface area contributed by atoms with Crippen LogP contribution in [0.15, 0.2) is 28.7 Å². The predicted octanol–water partition coefficient (Wildman–Crippen LogP) is 4.36. The second-order valence-corrected chi connectivity index (χ2v) is 7.55. The van der Waals surface area contributed by atoms with Crippen molar-refractivity contribution in [1.29, 1.82) is 0 Å². The molecule has 2 nitrogen and oxygen atoms in total. The molecule has 20 heavy (non-hydrogen) atoms. The predicted molar refractivity (Wildman–Crippen MR) is 85.6 cm³/mol. The lowest BCUT2D eigenvalue weighted by Crippen LogP contribution is -2.49. The van der Waals surface area contributed by atoms with E-state index in [0.29, 0.717) is 5.92 Å². The maximum absolute atomic E-state index is 6.78. The Balaban J connectivity index is 1.85. The zero-order valence-electron chi connectivity index (χ0n) is 12.2. The second-order valence-electron chi connectivity index (χ2n) is 6.69. The summed E-state index contributed by atoms with van der Waals surface area (Å²) in [5.74, 6) is 0.494. The van der Waals surface area contributed by atoms with E-state index in [2.05, 4.69) is 41.1 Å². The summed E-state index contributed by atoms with van der Waals surface area (Å²) in [7, 11) is 0. The van der Waals surface area contributed by atoms with Gasteiger partial charge in [-0.3, -0.25) is 0 Å². The Morgan fingerprint density at radius 3 is 2.70 bits per heavy atom. The van der Waals surface area contributed by atoms with Gasteiger partial charge in [0, 0.05) is 16.6 Å². The van der Waals surface area contributed by atoms with Gasteiger partial charge in [0.05, 0.1) is 5.60 Å². The lowest BCUT2D eigenvalue weighted by molar-refractivity contribution is -0.104. The molecule has 2 fully saturated rings. The Morgan fingerprint density at radius 1 is 1.30 bits per heavy atom. The number of ether oxygens (including phenoxy) is 1. The minimum absolute atomic E-state index is 0.130. The Kier molecular flexibility index (Phi) is 3.95. The molecule has 110 valence electrons. The third-order valence-electron chi connectivity index (χ3n) is 5.31. The van der Waals surface area contributed by atoms with Crippen LogP contribution < -0.4 is 5.73 Å². The third kappa shape index (κ3) is 2.56. The van der Waals surface area contributed by atoms with E-state index >= 15 is 0 Å². The van der Waals surface area contributed by atoms with E-state index in [0.717, 1.165) is 23.9 Å². The summed E-state index contributed by atoms with van der Waals surface area (Å²) in [4.78, 5) is 0. The lowest BCUT2D eigenvalue weighted by atomic mass is 9.71. The van der Waals surface area contributed by atoms with Crippen molar-refractivity contribution in [2.45, 2.75) is 56.6 Å². The average molecular weight is 338 g/mol. The molecular formula is C17H24BrNO. The molecule has 1 aliphatic heterocycles. The molecule has 2 unspecified atom stereocenters. The van der Waals surface area contributed by atoms with Crippen LogP contribution in [-0.4, -0.2) is 12.2 Å². The molecular weight excluding hydrogens is 314 g/mol. The molecule has 1 heterocycles. The first kappa shape index (κ1) is 14.6. The topological polar surface area (TPSA) is 35.2 Å². The molecule has 0 bridgehead atoms. The van der Waals surface area contributed by atoms with Gasteiger partial charge < -0.3 is 10.5 Å². The number of hydrogen-bond donors (Lipinski definition) is 1. The van der Waals surface area contributed by atoms with Crippen molar-refractivity contribution in [2.24, 2.45) is 11.7 Å². The molecule has 1 saturated carbocycles. The van der Waals surface area contributed by atoms with Crippen LogP contribution in [0, 0.1) is 5.92 Å². The minimum atomic E-state index is -0.292. The number of halogens is 1. The van der Waals surface area contributed by atoms with Crippen molar-refractivity contribution in [3.8, 4) is 0 Å². The summed E-state index contributed by atoms with van der Waals surface area (Å²) in [6.45, 7) is 3.05. The van der Waals surface area contributed by atoms with Gasteiger partial charge in [0.15, 0.2) is 0 Å². The number of rotatable bonds is 2. The first-order chi connectivity index (χ1) is 9.54. The zero-order chi connectivity index (χ0) is 14.2. The van der Waals surface area contributed by atoms with E-state index in [4.69, 9.17) is 10.5 Å². The molecule has 2 N–H and O–H groups in total. The van der Waals surface area contributed by atoms with Gasteiger partial charge in [0.25, 0.3) is 0 Å². The van der Waals surface area contributed by atoms with Crippen molar-refractivity contribution in [3.05, 3.63) is 34.3 Å². The highest BCUT2D eigenvalue weighted by Crippen LogP contribution is 2.47. The van der Waals surface area contributed by atoms with E-state index in [1.54, 1.807) is 0 Å². The molecule has 1 aliphatic carbocycles. The molecule has 0 amide bonds. The van der Waals surface area contributed by atoms with Gasteiger partial charge >= 0.3 is 0 Å². The monoisotopic (exact) mass is 337 g/mol. The highest BCUT2D eigenvalue weighted by atomic mass is 79.9. The normalized spacial score (nSPS) is 28.4. The summed E-state index contributed by atoms with van der Waals surface area (Å²) in [5.41, 5.74) is 7.84. The molecule has 2 aliphatic rings. The van der Waals surface area contributed by atoms with Crippen LogP contribution in [0.3, 0.4) is 0 Å². The van der Waals surface area contributed by atoms with Gasteiger partial charge in [-0.2, -0.15) is 0 Å². The van der Waals surface area contributed by atoms with E-state index < -0.39 is 0 Å². The molecule has 3 heteroatoms.